The molecule has 1 rings (SSSR count). The van der Waals surface area contributed by atoms with Crippen molar-refractivity contribution in [2.24, 2.45) is 12.5 Å². The van der Waals surface area contributed by atoms with Gasteiger partial charge in [0.25, 0.3) is 0 Å². The predicted molar refractivity (Wildman–Crippen MR) is 74.6 cm³/mol. The summed E-state index contributed by atoms with van der Waals surface area (Å²) in [4.78, 5) is 0. The van der Waals surface area contributed by atoms with Gasteiger partial charge in [-0.1, -0.05) is 27.7 Å². The van der Waals surface area contributed by atoms with Crippen LogP contribution in [-0.2, 0) is 18.2 Å². The standard InChI is InChI=1S/C14H27N3O/c1-7-15-12(13(18-6)14(2,3)4)10-11-8-9-17(5)16-11/h8-9,12-13,15H,7,10H2,1-6H3. The van der Waals surface area contributed by atoms with Gasteiger partial charge in [0.05, 0.1) is 11.8 Å². The molecule has 1 N–H and O–H groups in total. The van der Waals surface area contributed by atoms with E-state index in [1.54, 1.807) is 7.11 Å². The highest BCUT2D eigenvalue weighted by Crippen LogP contribution is 2.26. The largest absolute Gasteiger partial charge is 0.379 e. The Morgan fingerprint density at radius 2 is 2.11 bits per heavy atom. The van der Waals surface area contributed by atoms with E-state index in [9.17, 15) is 0 Å². The van der Waals surface area contributed by atoms with Gasteiger partial charge in [-0.15, -0.1) is 0 Å². The van der Waals surface area contributed by atoms with E-state index in [1.807, 2.05) is 17.9 Å². The number of rotatable bonds is 6. The highest BCUT2D eigenvalue weighted by molar-refractivity contribution is 5.03. The van der Waals surface area contributed by atoms with Crippen LogP contribution in [0.5, 0.6) is 0 Å². The van der Waals surface area contributed by atoms with Crippen LogP contribution < -0.4 is 5.32 Å². The lowest BCUT2D eigenvalue weighted by atomic mass is 9.83. The summed E-state index contributed by atoms with van der Waals surface area (Å²) in [6, 6.07) is 2.36. The van der Waals surface area contributed by atoms with E-state index >= 15 is 0 Å². The molecule has 0 bridgehead atoms. The van der Waals surface area contributed by atoms with Crippen LogP contribution in [0.1, 0.15) is 33.4 Å². The number of aryl methyl sites for hydroxylation is 1. The summed E-state index contributed by atoms with van der Waals surface area (Å²) in [6.07, 6.45) is 3.04. The Morgan fingerprint density at radius 1 is 1.44 bits per heavy atom. The maximum absolute atomic E-state index is 5.71. The van der Waals surface area contributed by atoms with Crippen molar-refractivity contribution in [3.05, 3.63) is 18.0 Å². The number of hydrogen-bond donors (Lipinski definition) is 1. The van der Waals surface area contributed by atoms with Gasteiger partial charge in [-0.2, -0.15) is 5.10 Å². The van der Waals surface area contributed by atoms with E-state index in [4.69, 9.17) is 4.74 Å². The van der Waals surface area contributed by atoms with Crippen LogP contribution in [0.2, 0.25) is 0 Å². The fraction of sp³-hybridized carbons (Fsp3) is 0.786. The van der Waals surface area contributed by atoms with E-state index in [0.717, 1.165) is 18.7 Å². The van der Waals surface area contributed by atoms with Gasteiger partial charge >= 0.3 is 0 Å². The molecular weight excluding hydrogens is 226 g/mol. The number of nitrogens with one attached hydrogen (secondary N) is 1. The fourth-order valence-electron chi connectivity index (χ4n) is 2.47. The molecule has 2 atom stereocenters. The molecule has 0 radical (unpaired) electrons. The maximum atomic E-state index is 5.71. The van der Waals surface area contributed by atoms with Gasteiger partial charge in [0, 0.05) is 32.8 Å². The smallest absolute Gasteiger partial charge is 0.0776 e. The molecule has 0 aliphatic heterocycles. The molecule has 0 spiro atoms. The van der Waals surface area contributed by atoms with Crippen LogP contribution in [0.4, 0.5) is 0 Å². The molecule has 104 valence electrons. The molecular formula is C14H27N3O. The first-order chi connectivity index (χ1) is 8.38. The molecule has 0 saturated carbocycles. The first kappa shape index (κ1) is 15.2. The summed E-state index contributed by atoms with van der Waals surface area (Å²) in [5, 5.41) is 7.98. The van der Waals surface area contributed by atoms with Crippen molar-refractivity contribution < 1.29 is 4.74 Å². The monoisotopic (exact) mass is 253 g/mol. The highest BCUT2D eigenvalue weighted by atomic mass is 16.5. The Hall–Kier alpha value is -0.870. The number of methoxy groups -OCH3 is 1. The molecule has 1 heterocycles. The second-order valence-corrected chi connectivity index (χ2v) is 5.87. The topological polar surface area (TPSA) is 39.1 Å². The number of nitrogens with zero attached hydrogens (tertiary/aromatic N) is 2. The molecule has 18 heavy (non-hydrogen) atoms. The molecule has 1 aromatic rings. The number of hydrogen-bond acceptors (Lipinski definition) is 3. The normalized spacial score (nSPS) is 15.7. The van der Waals surface area contributed by atoms with Gasteiger partial charge in [0.15, 0.2) is 0 Å². The van der Waals surface area contributed by atoms with Crippen molar-refractivity contribution >= 4 is 0 Å². The summed E-state index contributed by atoms with van der Waals surface area (Å²) >= 11 is 0. The average molecular weight is 253 g/mol. The molecule has 0 fully saturated rings. The SMILES string of the molecule is CCNC(Cc1ccn(C)n1)C(OC)C(C)(C)C. The van der Waals surface area contributed by atoms with Gasteiger partial charge in [0.2, 0.25) is 0 Å². The van der Waals surface area contributed by atoms with Crippen LogP contribution in [0.3, 0.4) is 0 Å². The van der Waals surface area contributed by atoms with Gasteiger partial charge in [-0.25, -0.2) is 0 Å². The zero-order valence-electron chi connectivity index (χ0n) is 12.5. The lowest BCUT2D eigenvalue weighted by molar-refractivity contribution is -0.0108. The number of likely N-dealkylation sites (N-methyl/N-ethyl adjacent to an activating group) is 1. The maximum Gasteiger partial charge on any atom is 0.0776 e. The van der Waals surface area contributed by atoms with E-state index in [2.05, 4.69) is 44.2 Å². The Labute approximate surface area is 111 Å². The van der Waals surface area contributed by atoms with Gasteiger partial charge in [-0.3, -0.25) is 4.68 Å². The zero-order chi connectivity index (χ0) is 13.8. The minimum absolute atomic E-state index is 0.108. The Bertz CT molecular complexity index is 354. The molecule has 1 aromatic heterocycles. The number of aromatic nitrogens is 2. The second-order valence-electron chi connectivity index (χ2n) is 5.87. The fourth-order valence-corrected chi connectivity index (χ4v) is 2.47. The Balaban J connectivity index is 2.80. The lowest BCUT2D eigenvalue weighted by Crippen LogP contribution is -2.49. The van der Waals surface area contributed by atoms with E-state index in [0.29, 0.717) is 0 Å². The summed E-state index contributed by atoms with van der Waals surface area (Å²) < 4.78 is 7.56. The quantitative estimate of drug-likeness (QED) is 0.843. The van der Waals surface area contributed by atoms with E-state index in [-0.39, 0.29) is 17.6 Å². The molecule has 4 heteroatoms. The van der Waals surface area contributed by atoms with Crippen LogP contribution in [0, 0.1) is 5.41 Å². The minimum Gasteiger partial charge on any atom is -0.379 e. The first-order valence-corrected chi connectivity index (χ1v) is 6.63. The van der Waals surface area contributed by atoms with Crippen molar-refractivity contribution in [3.63, 3.8) is 0 Å². The molecule has 4 nitrogen and oxygen atoms in total. The third kappa shape index (κ3) is 4.10. The Kier molecular flexibility index (Phi) is 5.35. The molecule has 2 unspecified atom stereocenters. The van der Waals surface area contributed by atoms with Crippen molar-refractivity contribution in [2.75, 3.05) is 13.7 Å². The van der Waals surface area contributed by atoms with Crippen LogP contribution in [0.15, 0.2) is 12.3 Å². The number of ether oxygens (including phenoxy) is 1. The minimum atomic E-state index is 0.108. The van der Waals surface area contributed by atoms with Crippen LogP contribution in [0.25, 0.3) is 0 Å². The molecule has 0 aliphatic carbocycles. The Morgan fingerprint density at radius 3 is 2.50 bits per heavy atom. The van der Waals surface area contributed by atoms with Crippen molar-refractivity contribution in [3.8, 4) is 0 Å². The van der Waals surface area contributed by atoms with E-state index in [1.165, 1.54) is 0 Å². The summed E-state index contributed by atoms with van der Waals surface area (Å²) in [5.41, 5.74) is 1.21. The summed E-state index contributed by atoms with van der Waals surface area (Å²) in [5.74, 6) is 0. The molecule has 0 aliphatic rings. The third-order valence-corrected chi connectivity index (χ3v) is 3.14. The summed E-state index contributed by atoms with van der Waals surface area (Å²) in [6.45, 7) is 9.70. The highest BCUT2D eigenvalue weighted by Gasteiger charge is 2.32. The van der Waals surface area contributed by atoms with Crippen LogP contribution in [-0.4, -0.2) is 35.6 Å². The lowest BCUT2D eigenvalue weighted by Gasteiger charge is -2.36. The predicted octanol–water partition coefficient (Wildman–Crippen LogP) is 2.00. The van der Waals surface area contributed by atoms with Crippen molar-refractivity contribution in [2.45, 2.75) is 46.3 Å². The van der Waals surface area contributed by atoms with E-state index < -0.39 is 0 Å². The molecule has 0 aromatic carbocycles. The molecule has 0 amide bonds. The second kappa shape index (κ2) is 6.34. The van der Waals surface area contributed by atoms with Crippen LogP contribution >= 0.6 is 0 Å². The van der Waals surface area contributed by atoms with Crippen molar-refractivity contribution in [1.29, 1.82) is 0 Å². The van der Waals surface area contributed by atoms with Gasteiger partial charge < -0.3 is 10.1 Å². The average Bonchev–Trinajstić information content (AvgIpc) is 2.63. The summed E-state index contributed by atoms with van der Waals surface area (Å²) in [7, 11) is 3.74. The third-order valence-electron chi connectivity index (χ3n) is 3.14. The van der Waals surface area contributed by atoms with Crippen molar-refractivity contribution in [1.82, 2.24) is 15.1 Å². The first-order valence-electron chi connectivity index (χ1n) is 6.63. The zero-order valence-corrected chi connectivity index (χ0v) is 12.5. The molecule has 0 saturated heterocycles. The van der Waals surface area contributed by atoms with Gasteiger partial charge in [-0.05, 0) is 18.0 Å². The van der Waals surface area contributed by atoms with Gasteiger partial charge in [0.1, 0.15) is 0 Å².